The SMILES string of the molecule is CC(C)C(=O)N1CCC(NC(=O)c2cccc(NC(=O)NC3CC3)c2)CC1. The molecule has 0 aromatic heterocycles. The number of likely N-dealkylation sites (tertiary alicyclic amines) is 1. The van der Waals surface area contributed by atoms with Crippen LogP contribution in [0.3, 0.4) is 0 Å². The van der Waals surface area contributed by atoms with Crippen molar-refractivity contribution in [2.45, 2.75) is 51.6 Å². The third-order valence-electron chi connectivity index (χ3n) is 4.93. The van der Waals surface area contributed by atoms with Crippen molar-refractivity contribution in [3.8, 4) is 0 Å². The summed E-state index contributed by atoms with van der Waals surface area (Å²) in [4.78, 5) is 38.3. The lowest BCUT2D eigenvalue weighted by Gasteiger charge is -2.33. The molecular weight excluding hydrogens is 344 g/mol. The average Bonchev–Trinajstić information content (AvgIpc) is 3.45. The van der Waals surface area contributed by atoms with Crippen LogP contribution >= 0.6 is 0 Å². The number of benzene rings is 1. The Morgan fingerprint density at radius 2 is 1.67 bits per heavy atom. The highest BCUT2D eigenvalue weighted by atomic mass is 16.2. The van der Waals surface area contributed by atoms with Crippen molar-refractivity contribution < 1.29 is 14.4 Å². The van der Waals surface area contributed by atoms with E-state index in [1.54, 1.807) is 24.3 Å². The lowest BCUT2D eigenvalue weighted by atomic mass is 10.0. The number of urea groups is 1. The standard InChI is InChI=1S/C20H28N4O3/c1-13(2)19(26)24-10-8-16(9-11-24)21-18(25)14-4-3-5-17(12-14)23-20(27)22-15-6-7-15/h3-5,12-13,15-16H,6-11H2,1-2H3,(H,21,25)(H2,22,23,27). The van der Waals surface area contributed by atoms with E-state index in [2.05, 4.69) is 16.0 Å². The topological polar surface area (TPSA) is 90.5 Å². The lowest BCUT2D eigenvalue weighted by molar-refractivity contribution is -0.135. The first-order valence-electron chi connectivity index (χ1n) is 9.69. The highest BCUT2D eigenvalue weighted by molar-refractivity contribution is 5.97. The molecule has 1 aliphatic heterocycles. The molecule has 7 heteroatoms. The Hall–Kier alpha value is -2.57. The normalized spacial score (nSPS) is 17.5. The second-order valence-electron chi connectivity index (χ2n) is 7.68. The maximum atomic E-state index is 12.5. The minimum absolute atomic E-state index is 0.00324. The smallest absolute Gasteiger partial charge is 0.319 e. The van der Waals surface area contributed by atoms with Gasteiger partial charge in [0.25, 0.3) is 5.91 Å². The van der Waals surface area contributed by atoms with E-state index in [9.17, 15) is 14.4 Å². The van der Waals surface area contributed by atoms with Crippen LogP contribution in [0, 0.1) is 5.92 Å². The molecule has 1 aromatic rings. The van der Waals surface area contributed by atoms with Crippen LogP contribution in [0.5, 0.6) is 0 Å². The fourth-order valence-corrected chi connectivity index (χ4v) is 3.20. The zero-order valence-electron chi connectivity index (χ0n) is 16.0. The molecule has 2 fully saturated rings. The summed E-state index contributed by atoms with van der Waals surface area (Å²) in [6, 6.07) is 7.03. The molecule has 7 nitrogen and oxygen atoms in total. The van der Waals surface area contributed by atoms with Crippen LogP contribution in [0.25, 0.3) is 0 Å². The van der Waals surface area contributed by atoms with Crippen LogP contribution in [-0.2, 0) is 4.79 Å². The number of piperidine rings is 1. The van der Waals surface area contributed by atoms with Crippen molar-refractivity contribution in [1.29, 1.82) is 0 Å². The van der Waals surface area contributed by atoms with Crippen molar-refractivity contribution in [2.75, 3.05) is 18.4 Å². The Kier molecular flexibility index (Phi) is 5.98. The zero-order chi connectivity index (χ0) is 19.4. The molecule has 4 amide bonds. The molecule has 1 heterocycles. The number of anilines is 1. The van der Waals surface area contributed by atoms with Crippen molar-refractivity contribution in [1.82, 2.24) is 15.5 Å². The van der Waals surface area contributed by atoms with Crippen LogP contribution in [0.4, 0.5) is 10.5 Å². The van der Waals surface area contributed by atoms with Gasteiger partial charge in [0, 0.05) is 42.3 Å². The van der Waals surface area contributed by atoms with E-state index in [1.807, 2.05) is 18.7 Å². The van der Waals surface area contributed by atoms with Crippen molar-refractivity contribution in [3.63, 3.8) is 0 Å². The molecule has 1 aliphatic carbocycles. The molecule has 146 valence electrons. The number of nitrogens with zero attached hydrogens (tertiary/aromatic N) is 1. The monoisotopic (exact) mass is 372 g/mol. The summed E-state index contributed by atoms with van der Waals surface area (Å²) in [6.45, 7) is 5.15. The number of carbonyl (C=O) groups excluding carboxylic acids is 3. The van der Waals surface area contributed by atoms with Gasteiger partial charge in [-0.05, 0) is 43.9 Å². The number of rotatable bonds is 5. The lowest BCUT2D eigenvalue weighted by Crippen LogP contribution is -2.47. The molecule has 1 aromatic carbocycles. The molecule has 3 N–H and O–H groups in total. The number of hydrogen-bond acceptors (Lipinski definition) is 3. The molecule has 0 bridgehead atoms. The Labute approximate surface area is 159 Å². The molecule has 0 spiro atoms. The van der Waals surface area contributed by atoms with Crippen LogP contribution in [0.1, 0.15) is 49.9 Å². The summed E-state index contributed by atoms with van der Waals surface area (Å²) in [5.74, 6) is 0.0152. The minimum atomic E-state index is -0.239. The van der Waals surface area contributed by atoms with Gasteiger partial charge in [-0.15, -0.1) is 0 Å². The van der Waals surface area contributed by atoms with E-state index in [0.29, 0.717) is 24.3 Å². The van der Waals surface area contributed by atoms with Crippen LogP contribution in [0.2, 0.25) is 0 Å². The number of nitrogens with one attached hydrogen (secondary N) is 3. The minimum Gasteiger partial charge on any atom is -0.349 e. The van der Waals surface area contributed by atoms with E-state index < -0.39 is 0 Å². The van der Waals surface area contributed by atoms with Gasteiger partial charge in [-0.2, -0.15) is 0 Å². The number of carbonyl (C=O) groups is 3. The third-order valence-corrected chi connectivity index (χ3v) is 4.93. The van der Waals surface area contributed by atoms with Crippen LogP contribution in [0.15, 0.2) is 24.3 Å². The third kappa shape index (κ3) is 5.45. The predicted molar refractivity (Wildman–Crippen MR) is 104 cm³/mol. The summed E-state index contributed by atoms with van der Waals surface area (Å²) >= 11 is 0. The second-order valence-corrected chi connectivity index (χ2v) is 7.68. The Balaban J connectivity index is 1.50. The summed E-state index contributed by atoms with van der Waals surface area (Å²) in [5.41, 5.74) is 1.11. The van der Waals surface area contributed by atoms with Crippen molar-refractivity contribution >= 4 is 23.5 Å². The zero-order valence-corrected chi connectivity index (χ0v) is 16.0. The van der Waals surface area contributed by atoms with Gasteiger partial charge >= 0.3 is 6.03 Å². The molecule has 27 heavy (non-hydrogen) atoms. The van der Waals surface area contributed by atoms with Gasteiger partial charge in [-0.25, -0.2) is 4.79 Å². The summed E-state index contributed by atoms with van der Waals surface area (Å²) in [5, 5.41) is 8.66. The Morgan fingerprint density at radius 3 is 2.30 bits per heavy atom. The molecule has 2 aliphatic rings. The number of hydrogen-bond donors (Lipinski definition) is 3. The first-order chi connectivity index (χ1) is 12.9. The summed E-state index contributed by atoms with van der Waals surface area (Å²) in [7, 11) is 0. The molecule has 0 unspecified atom stereocenters. The predicted octanol–water partition coefficient (Wildman–Crippen LogP) is 2.35. The van der Waals surface area contributed by atoms with Gasteiger partial charge in [-0.3, -0.25) is 9.59 Å². The fourth-order valence-electron chi connectivity index (χ4n) is 3.20. The highest BCUT2D eigenvalue weighted by Gasteiger charge is 2.26. The fraction of sp³-hybridized carbons (Fsp3) is 0.550. The largest absolute Gasteiger partial charge is 0.349 e. The summed E-state index contributed by atoms with van der Waals surface area (Å²) < 4.78 is 0. The second kappa shape index (κ2) is 8.41. The molecule has 3 rings (SSSR count). The molecule has 1 saturated carbocycles. The van der Waals surface area contributed by atoms with Gasteiger partial charge in [0.1, 0.15) is 0 Å². The van der Waals surface area contributed by atoms with Gasteiger partial charge in [0.2, 0.25) is 5.91 Å². The van der Waals surface area contributed by atoms with Gasteiger partial charge in [-0.1, -0.05) is 19.9 Å². The number of amides is 4. The molecule has 0 radical (unpaired) electrons. The molecule has 1 saturated heterocycles. The van der Waals surface area contributed by atoms with Crippen LogP contribution in [-0.4, -0.2) is 47.9 Å². The maximum Gasteiger partial charge on any atom is 0.319 e. The average molecular weight is 372 g/mol. The van der Waals surface area contributed by atoms with E-state index >= 15 is 0 Å². The van der Waals surface area contributed by atoms with Gasteiger partial charge < -0.3 is 20.9 Å². The maximum absolute atomic E-state index is 12.5. The van der Waals surface area contributed by atoms with E-state index in [-0.39, 0.29) is 35.8 Å². The summed E-state index contributed by atoms with van der Waals surface area (Å²) in [6.07, 6.45) is 3.56. The highest BCUT2D eigenvalue weighted by Crippen LogP contribution is 2.19. The Morgan fingerprint density at radius 1 is 1.00 bits per heavy atom. The van der Waals surface area contributed by atoms with Crippen molar-refractivity contribution in [3.05, 3.63) is 29.8 Å². The quantitative estimate of drug-likeness (QED) is 0.741. The van der Waals surface area contributed by atoms with E-state index in [1.165, 1.54) is 0 Å². The Bertz CT molecular complexity index is 707. The first kappa shape index (κ1) is 19.2. The van der Waals surface area contributed by atoms with Crippen molar-refractivity contribution in [2.24, 2.45) is 5.92 Å². The van der Waals surface area contributed by atoms with Gasteiger partial charge in [0.05, 0.1) is 0 Å². The molecular formula is C20H28N4O3. The first-order valence-corrected chi connectivity index (χ1v) is 9.69. The van der Waals surface area contributed by atoms with Crippen LogP contribution < -0.4 is 16.0 Å². The van der Waals surface area contributed by atoms with E-state index in [4.69, 9.17) is 0 Å². The van der Waals surface area contributed by atoms with Gasteiger partial charge in [0.15, 0.2) is 0 Å². The molecule has 0 atom stereocenters. The van der Waals surface area contributed by atoms with E-state index in [0.717, 1.165) is 25.7 Å².